The van der Waals surface area contributed by atoms with Crippen LogP contribution in [0.4, 0.5) is 0 Å². The van der Waals surface area contributed by atoms with E-state index in [1.165, 1.54) is 31.5 Å². The van der Waals surface area contributed by atoms with Crippen molar-refractivity contribution in [2.45, 2.75) is 0 Å². The van der Waals surface area contributed by atoms with Crippen LogP contribution >= 0.6 is 11.6 Å². The van der Waals surface area contributed by atoms with Crippen molar-refractivity contribution < 1.29 is 24.5 Å². The number of pyridine rings is 1. The fourth-order valence-electron chi connectivity index (χ4n) is 1.79. The van der Waals surface area contributed by atoms with Gasteiger partial charge in [0.15, 0.2) is 0 Å². The summed E-state index contributed by atoms with van der Waals surface area (Å²) in [4.78, 5) is 26.1. The molecule has 0 atom stereocenters. The zero-order valence-corrected chi connectivity index (χ0v) is 11.6. The van der Waals surface area contributed by atoms with Crippen LogP contribution in [0.1, 0.15) is 20.7 Å². The van der Waals surface area contributed by atoms with E-state index in [4.69, 9.17) is 26.6 Å². The number of nitrogens with zero attached hydrogens (tertiary/aromatic N) is 1. The molecule has 2 rings (SSSR count). The Kier molecular flexibility index (Phi) is 4.09. The van der Waals surface area contributed by atoms with Crippen LogP contribution in [0.5, 0.6) is 5.88 Å². The molecule has 0 bridgehead atoms. The van der Waals surface area contributed by atoms with E-state index < -0.39 is 11.9 Å². The van der Waals surface area contributed by atoms with E-state index in [2.05, 4.69) is 4.98 Å². The molecule has 6 nitrogen and oxygen atoms in total. The van der Waals surface area contributed by atoms with Gasteiger partial charge >= 0.3 is 11.9 Å². The molecule has 0 fully saturated rings. The molecule has 1 aromatic heterocycles. The van der Waals surface area contributed by atoms with Crippen LogP contribution in [0.15, 0.2) is 30.5 Å². The molecule has 0 radical (unpaired) electrons. The number of carboxylic acids is 2. The van der Waals surface area contributed by atoms with Crippen molar-refractivity contribution in [3.63, 3.8) is 0 Å². The van der Waals surface area contributed by atoms with E-state index in [1.54, 1.807) is 6.07 Å². The number of aromatic nitrogens is 1. The Labute approximate surface area is 124 Å². The van der Waals surface area contributed by atoms with E-state index in [9.17, 15) is 9.59 Å². The molecule has 7 heteroatoms. The lowest BCUT2D eigenvalue weighted by Crippen LogP contribution is -2.03. The molecule has 0 spiro atoms. The van der Waals surface area contributed by atoms with Crippen molar-refractivity contribution in [3.8, 4) is 17.0 Å². The number of carboxylic acid groups (broad SMARTS) is 2. The number of halogens is 1. The summed E-state index contributed by atoms with van der Waals surface area (Å²) in [6.07, 6.45) is 1.40. The number of hydrogen-bond acceptors (Lipinski definition) is 4. The highest BCUT2D eigenvalue weighted by molar-refractivity contribution is 6.33. The average Bonchev–Trinajstić information content (AvgIpc) is 2.46. The number of aromatic carboxylic acids is 2. The van der Waals surface area contributed by atoms with Gasteiger partial charge in [-0.1, -0.05) is 17.7 Å². The summed E-state index contributed by atoms with van der Waals surface area (Å²) in [6, 6.07) is 5.75. The van der Waals surface area contributed by atoms with E-state index in [-0.39, 0.29) is 22.0 Å². The van der Waals surface area contributed by atoms with Gasteiger partial charge in [0.05, 0.1) is 17.7 Å². The third-order valence-electron chi connectivity index (χ3n) is 2.80. The molecule has 21 heavy (non-hydrogen) atoms. The fraction of sp³-hybridized carbons (Fsp3) is 0.0714. The first-order chi connectivity index (χ1) is 9.93. The quantitative estimate of drug-likeness (QED) is 0.901. The summed E-state index contributed by atoms with van der Waals surface area (Å²) in [6.45, 7) is 0. The summed E-state index contributed by atoms with van der Waals surface area (Å²) in [5.74, 6) is -2.37. The predicted octanol–water partition coefficient (Wildman–Crippen LogP) is 2.81. The Balaban J connectivity index is 2.57. The third kappa shape index (κ3) is 2.95. The zero-order chi connectivity index (χ0) is 15.6. The summed E-state index contributed by atoms with van der Waals surface area (Å²) in [5, 5.41) is 18.3. The fourth-order valence-corrected chi connectivity index (χ4v) is 1.99. The Bertz CT molecular complexity index is 729. The highest BCUT2D eigenvalue weighted by atomic mass is 35.5. The molecular formula is C14H10ClNO5. The number of methoxy groups -OCH3 is 1. The first-order valence-electron chi connectivity index (χ1n) is 5.74. The molecule has 2 N–H and O–H groups in total. The van der Waals surface area contributed by atoms with Gasteiger partial charge in [-0.25, -0.2) is 14.6 Å². The molecule has 0 aliphatic carbocycles. The summed E-state index contributed by atoms with van der Waals surface area (Å²) < 4.78 is 4.87. The topological polar surface area (TPSA) is 96.7 Å². The van der Waals surface area contributed by atoms with E-state index in [1.807, 2.05) is 0 Å². The average molecular weight is 308 g/mol. The highest BCUT2D eigenvalue weighted by Gasteiger charge is 2.15. The van der Waals surface area contributed by atoms with Crippen molar-refractivity contribution in [3.05, 3.63) is 46.6 Å². The normalized spacial score (nSPS) is 10.2. The zero-order valence-electron chi connectivity index (χ0n) is 10.8. The Morgan fingerprint density at radius 3 is 2.29 bits per heavy atom. The molecule has 0 aliphatic rings. The summed E-state index contributed by atoms with van der Waals surface area (Å²) in [5.41, 5.74) is 0.769. The molecule has 108 valence electrons. The van der Waals surface area contributed by atoms with Crippen molar-refractivity contribution in [2.75, 3.05) is 7.11 Å². The van der Waals surface area contributed by atoms with E-state index >= 15 is 0 Å². The Morgan fingerprint density at radius 1 is 1.10 bits per heavy atom. The largest absolute Gasteiger partial charge is 0.480 e. The lowest BCUT2D eigenvalue weighted by Gasteiger charge is -2.08. The van der Waals surface area contributed by atoms with Gasteiger partial charge in [-0.3, -0.25) is 0 Å². The maximum absolute atomic E-state index is 11.2. The van der Waals surface area contributed by atoms with Gasteiger partial charge < -0.3 is 14.9 Å². The minimum atomic E-state index is -1.19. The van der Waals surface area contributed by atoms with Gasteiger partial charge in [-0.05, 0) is 23.8 Å². The second kappa shape index (κ2) is 5.80. The predicted molar refractivity (Wildman–Crippen MR) is 75.2 cm³/mol. The molecule has 0 aliphatic heterocycles. The van der Waals surface area contributed by atoms with E-state index in [0.29, 0.717) is 11.1 Å². The van der Waals surface area contributed by atoms with Gasteiger partial charge in [0.25, 0.3) is 0 Å². The number of carbonyl (C=O) groups is 2. The van der Waals surface area contributed by atoms with Crippen molar-refractivity contribution >= 4 is 23.5 Å². The molecular weight excluding hydrogens is 298 g/mol. The van der Waals surface area contributed by atoms with Gasteiger partial charge in [0.2, 0.25) is 5.88 Å². The SMILES string of the molecule is COc1ncc(-c2ccc(Cl)c(C(=O)O)c2)cc1C(=O)O. The van der Waals surface area contributed by atoms with Gasteiger partial charge in [0, 0.05) is 11.8 Å². The van der Waals surface area contributed by atoms with Gasteiger partial charge in [0.1, 0.15) is 5.56 Å². The van der Waals surface area contributed by atoms with Crippen molar-refractivity contribution in [1.29, 1.82) is 0 Å². The third-order valence-corrected chi connectivity index (χ3v) is 3.13. The van der Waals surface area contributed by atoms with Crippen LogP contribution in [-0.4, -0.2) is 34.2 Å². The van der Waals surface area contributed by atoms with Crippen LogP contribution in [0.25, 0.3) is 11.1 Å². The highest BCUT2D eigenvalue weighted by Crippen LogP contribution is 2.27. The minimum Gasteiger partial charge on any atom is -0.480 e. The van der Waals surface area contributed by atoms with Crippen LogP contribution in [0.3, 0.4) is 0 Å². The number of rotatable bonds is 4. The second-order valence-corrected chi connectivity index (χ2v) is 4.49. The van der Waals surface area contributed by atoms with Gasteiger partial charge in [-0.2, -0.15) is 0 Å². The lowest BCUT2D eigenvalue weighted by atomic mass is 10.0. The molecule has 1 aromatic carbocycles. The summed E-state index contributed by atoms with van der Waals surface area (Å²) >= 11 is 5.80. The molecule has 0 saturated heterocycles. The van der Waals surface area contributed by atoms with Crippen molar-refractivity contribution in [1.82, 2.24) is 4.98 Å². The van der Waals surface area contributed by atoms with Crippen LogP contribution in [0, 0.1) is 0 Å². The maximum Gasteiger partial charge on any atom is 0.341 e. The monoisotopic (exact) mass is 307 g/mol. The number of benzene rings is 1. The van der Waals surface area contributed by atoms with E-state index in [0.717, 1.165) is 0 Å². The van der Waals surface area contributed by atoms with Crippen LogP contribution in [-0.2, 0) is 0 Å². The van der Waals surface area contributed by atoms with Crippen LogP contribution < -0.4 is 4.74 Å². The molecule has 2 aromatic rings. The molecule has 1 heterocycles. The number of hydrogen-bond donors (Lipinski definition) is 2. The minimum absolute atomic E-state index is 0.0151. The molecule has 0 amide bonds. The molecule has 0 saturated carbocycles. The van der Waals surface area contributed by atoms with Crippen LogP contribution in [0.2, 0.25) is 5.02 Å². The first-order valence-corrected chi connectivity index (χ1v) is 6.12. The Hall–Kier alpha value is -2.60. The van der Waals surface area contributed by atoms with Gasteiger partial charge in [-0.15, -0.1) is 0 Å². The maximum atomic E-state index is 11.2. The lowest BCUT2D eigenvalue weighted by molar-refractivity contribution is 0.0683. The molecule has 0 unspecified atom stereocenters. The summed E-state index contributed by atoms with van der Waals surface area (Å²) in [7, 11) is 1.32. The Morgan fingerprint density at radius 2 is 1.71 bits per heavy atom. The smallest absolute Gasteiger partial charge is 0.341 e. The first kappa shape index (κ1) is 14.8. The second-order valence-electron chi connectivity index (χ2n) is 4.09. The number of ether oxygens (including phenoxy) is 1. The standard InChI is InChI=1S/C14H10ClNO5/c1-21-12-10(14(19)20)5-8(6-16-12)7-2-3-11(15)9(4-7)13(17)18/h2-6H,1H3,(H,17,18)(H,19,20). The van der Waals surface area contributed by atoms with Crippen molar-refractivity contribution in [2.24, 2.45) is 0 Å².